The Balaban J connectivity index is 1.85. The Kier molecular flexibility index (Phi) is 3.80. The fraction of sp³-hybridized carbons (Fsp3) is 0.562. The van der Waals surface area contributed by atoms with Crippen molar-refractivity contribution in [2.24, 2.45) is 5.41 Å². The predicted octanol–water partition coefficient (Wildman–Crippen LogP) is 3.54. The van der Waals surface area contributed by atoms with Gasteiger partial charge >= 0.3 is 6.18 Å². The van der Waals surface area contributed by atoms with Gasteiger partial charge in [-0.1, -0.05) is 0 Å². The highest BCUT2D eigenvalue weighted by molar-refractivity contribution is 6.04. The van der Waals surface area contributed by atoms with E-state index in [-0.39, 0.29) is 5.56 Å². The molecule has 1 aliphatic carbocycles. The molecule has 0 radical (unpaired) electrons. The van der Waals surface area contributed by atoms with Crippen LogP contribution >= 0.6 is 0 Å². The zero-order valence-corrected chi connectivity index (χ0v) is 13.7. The second-order valence-corrected chi connectivity index (χ2v) is 6.88. The zero-order chi connectivity index (χ0) is 17.7. The van der Waals surface area contributed by atoms with E-state index < -0.39 is 23.5 Å². The van der Waals surface area contributed by atoms with Crippen LogP contribution in [0.25, 0.3) is 11.2 Å². The average molecular weight is 340 g/mol. The van der Waals surface area contributed by atoms with Gasteiger partial charge in [-0.15, -0.1) is 0 Å². The van der Waals surface area contributed by atoms with Gasteiger partial charge in [0.1, 0.15) is 5.52 Å². The molecule has 1 atom stereocenters. The minimum Gasteiger partial charge on any atom is -0.349 e. The smallest absolute Gasteiger partial charge is 0.349 e. The van der Waals surface area contributed by atoms with E-state index in [2.05, 4.69) is 20.3 Å². The van der Waals surface area contributed by atoms with Gasteiger partial charge in [0.05, 0.1) is 22.9 Å². The fourth-order valence-corrected chi connectivity index (χ4v) is 2.35. The third-order valence-corrected chi connectivity index (χ3v) is 4.80. The third kappa shape index (κ3) is 2.85. The molecule has 2 aromatic heterocycles. The molecule has 0 saturated heterocycles. The third-order valence-electron chi connectivity index (χ3n) is 4.80. The van der Waals surface area contributed by atoms with Gasteiger partial charge in [0, 0.05) is 18.2 Å². The molecule has 1 saturated carbocycles. The van der Waals surface area contributed by atoms with Crippen LogP contribution in [0.2, 0.25) is 0 Å². The first-order chi connectivity index (χ1) is 11.1. The molecule has 24 heavy (non-hydrogen) atoms. The van der Waals surface area contributed by atoms with Crippen molar-refractivity contribution in [3.05, 3.63) is 23.7 Å². The Morgan fingerprint density at radius 3 is 2.62 bits per heavy atom. The van der Waals surface area contributed by atoms with Gasteiger partial charge in [0.2, 0.25) is 0 Å². The van der Waals surface area contributed by atoms with Crippen molar-refractivity contribution in [2.45, 2.75) is 51.7 Å². The number of aromatic amines is 1. The Morgan fingerprint density at radius 2 is 2.04 bits per heavy atom. The molecule has 5 nitrogen and oxygen atoms in total. The van der Waals surface area contributed by atoms with E-state index in [9.17, 15) is 18.0 Å². The lowest BCUT2D eigenvalue weighted by molar-refractivity contribution is -0.218. The number of nitrogens with one attached hydrogen (secondary N) is 2. The quantitative estimate of drug-likeness (QED) is 0.894. The molecule has 0 unspecified atom stereocenters. The summed E-state index contributed by atoms with van der Waals surface area (Å²) in [5.41, 5.74) is -0.162. The summed E-state index contributed by atoms with van der Waals surface area (Å²) in [6.07, 6.45) is 0.780. The number of aromatic nitrogens is 3. The molecule has 1 amide bonds. The molecule has 0 aromatic carbocycles. The molecule has 8 heteroatoms. The molecular formula is C16H19F3N4O. The highest BCUT2D eigenvalue weighted by Crippen LogP contribution is 2.41. The van der Waals surface area contributed by atoms with Gasteiger partial charge in [-0.3, -0.25) is 4.79 Å². The van der Waals surface area contributed by atoms with Crippen LogP contribution in [0.4, 0.5) is 13.2 Å². The molecule has 2 N–H and O–H groups in total. The van der Waals surface area contributed by atoms with Crippen LogP contribution in [0.1, 0.15) is 55.6 Å². The molecule has 0 aliphatic heterocycles. The summed E-state index contributed by atoms with van der Waals surface area (Å²) < 4.78 is 39.3. The first-order valence-corrected chi connectivity index (χ1v) is 7.83. The molecular weight excluding hydrogens is 321 g/mol. The number of H-pyrrole nitrogens is 1. The molecule has 0 bridgehead atoms. The number of carbonyl (C=O) groups excluding carboxylic acids is 1. The second-order valence-electron chi connectivity index (χ2n) is 6.88. The second kappa shape index (κ2) is 5.46. The van der Waals surface area contributed by atoms with Crippen molar-refractivity contribution in [3.63, 3.8) is 0 Å². The van der Waals surface area contributed by atoms with Crippen LogP contribution in [0.5, 0.6) is 0 Å². The summed E-state index contributed by atoms with van der Waals surface area (Å²) >= 11 is 0. The van der Waals surface area contributed by atoms with Gasteiger partial charge in [0.25, 0.3) is 5.91 Å². The summed E-state index contributed by atoms with van der Waals surface area (Å²) in [4.78, 5) is 24.0. The Labute approximate surface area is 137 Å². The summed E-state index contributed by atoms with van der Waals surface area (Å²) in [6, 6.07) is -1.09. The summed E-state index contributed by atoms with van der Waals surface area (Å²) in [5, 5.41) is 2.44. The van der Waals surface area contributed by atoms with Crippen molar-refractivity contribution in [1.82, 2.24) is 20.3 Å². The minimum absolute atomic E-state index is 0.213. The molecule has 0 spiro atoms. The highest BCUT2D eigenvalue weighted by Gasteiger charge is 2.51. The van der Waals surface area contributed by atoms with Crippen molar-refractivity contribution in [1.29, 1.82) is 0 Å². The lowest BCUT2D eigenvalue weighted by atomic mass is 9.84. The standard InChI is InChI=1S/C16H19F3N4O/c1-8(15(2,3)16(17,18)19)22-14(24)10-6-20-13-12(10)23-11(7-21-13)9-4-5-9/h6-9H,4-5H2,1-3H3,(H,20,21)(H,22,24)/t8-/m0/s1. The Hall–Kier alpha value is -2.12. The van der Waals surface area contributed by atoms with E-state index in [1.807, 2.05) is 0 Å². The van der Waals surface area contributed by atoms with Crippen molar-refractivity contribution in [3.8, 4) is 0 Å². The fourth-order valence-electron chi connectivity index (χ4n) is 2.35. The molecule has 2 aromatic rings. The molecule has 1 aliphatic rings. The molecule has 130 valence electrons. The van der Waals surface area contributed by atoms with Crippen LogP contribution in [0.15, 0.2) is 12.4 Å². The van der Waals surface area contributed by atoms with Crippen molar-refractivity contribution >= 4 is 17.1 Å². The monoisotopic (exact) mass is 340 g/mol. The minimum atomic E-state index is -4.42. The van der Waals surface area contributed by atoms with Gasteiger partial charge in [-0.2, -0.15) is 13.2 Å². The van der Waals surface area contributed by atoms with Crippen molar-refractivity contribution < 1.29 is 18.0 Å². The van der Waals surface area contributed by atoms with E-state index in [1.165, 1.54) is 13.1 Å². The number of nitrogens with zero attached hydrogens (tertiary/aromatic N) is 2. The summed E-state index contributed by atoms with van der Waals surface area (Å²) in [6.45, 7) is 3.48. The normalized spacial score (nSPS) is 17.1. The Bertz CT molecular complexity index is 777. The van der Waals surface area contributed by atoms with E-state index >= 15 is 0 Å². The summed E-state index contributed by atoms with van der Waals surface area (Å²) in [5.74, 6) is -0.218. The van der Waals surface area contributed by atoms with E-state index in [0.717, 1.165) is 32.4 Å². The van der Waals surface area contributed by atoms with Crippen molar-refractivity contribution in [2.75, 3.05) is 0 Å². The molecule has 3 rings (SSSR count). The van der Waals surface area contributed by atoms with Gasteiger partial charge < -0.3 is 10.3 Å². The summed E-state index contributed by atoms with van der Waals surface area (Å²) in [7, 11) is 0. The van der Waals surface area contributed by atoms with Gasteiger partial charge in [0.15, 0.2) is 5.65 Å². The van der Waals surface area contributed by atoms with Crippen LogP contribution in [-0.2, 0) is 0 Å². The maximum absolute atomic E-state index is 13.1. The number of fused-ring (bicyclic) bond motifs is 1. The van der Waals surface area contributed by atoms with E-state index in [1.54, 1.807) is 6.20 Å². The Morgan fingerprint density at radius 1 is 1.38 bits per heavy atom. The van der Waals surface area contributed by atoms with E-state index in [4.69, 9.17) is 0 Å². The number of hydrogen-bond acceptors (Lipinski definition) is 3. The average Bonchev–Trinajstić information content (AvgIpc) is 3.25. The number of amides is 1. The van der Waals surface area contributed by atoms with Crippen LogP contribution in [0.3, 0.4) is 0 Å². The number of rotatable bonds is 4. The van der Waals surface area contributed by atoms with Gasteiger partial charge in [-0.25, -0.2) is 9.97 Å². The first kappa shape index (κ1) is 16.7. The molecule has 1 fully saturated rings. The number of carbonyl (C=O) groups is 1. The zero-order valence-electron chi connectivity index (χ0n) is 13.7. The maximum atomic E-state index is 13.1. The highest BCUT2D eigenvalue weighted by atomic mass is 19.4. The van der Waals surface area contributed by atoms with E-state index in [0.29, 0.717) is 17.1 Å². The predicted molar refractivity (Wildman–Crippen MR) is 82.6 cm³/mol. The SMILES string of the molecule is C[C@H](NC(=O)c1c[nH]c2ncc(C3CC3)nc12)C(C)(C)C(F)(F)F. The number of halogens is 3. The molecule has 2 heterocycles. The largest absolute Gasteiger partial charge is 0.395 e. The first-order valence-electron chi connectivity index (χ1n) is 7.83. The van der Waals surface area contributed by atoms with Crippen LogP contribution < -0.4 is 5.32 Å². The number of alkyl halides is 3. The maximum Gasteiger partial charge on any atom is 0.395 e. The topological polar surface area (TPSA) is 70.7 Å². The van der Waals surface area contributed by atoms with Crippen LogP contribution in [0, 0.1) is 5.41 Å². The lowest BCUT2D eigenvalue weighted by Gasteiger charge is -2.34. The lowest BCUT2D eigenvalue weighted by Crippen LogP contribution is -2.50. The number of hydrogen-bond donors (Lipinski definition) is 2. The van der Waals surface area contributed by atoms with Gasteiger partial charge in [-0.05, 0) is 33.6 Å². The van der Waals surface area contributed by atoms with Crippen LogP contribution in [-0.4, -0.2) is 33.1 Å².